The van der Waals surface area contributed by atoms with Gasteiger partial charge in [0.15, 0.2) is 5.43 Å². The largest absolute Gasteiger partial charge is 0.344 e. The van der Waals surface area contributed by atoms with Crippen molar-refractivity contribution < 1.29 is 4.79 Å². The molecule has 0 bridgehead atoms. The summed E-state index contributed by atoms with van der Waals surface area (Å²) in [5.74, 6) is -0.372. The van der Waals surface area contributed by atoms with Crippen LogP contribution in [0.3, 0.4) is 0 Å². The Balaban J connectivity index is 2.18. The van der Waals surface area contributed by atoms with Gasteiger partial charge in [-0.2, -0.15) is 0 Å². The molecule has 0 fully saturated rings. The third-order valence-electron chi connectivity index (χ3n) is 4.92. The molecule has 1 amide bonds. The topological polar surface area (TPSA) is 51.1 Å². The molecule has 4 heteroatoms. The SMILES string of the molecule is CCCCn1c(C)cc(=O)c(C(=O)Nc2ccccc2C)c1-c1ccccc1. The summed E-state index contributed by atoms with van der Waals surface area (Å²) in [6.07, 6.45) is 2.01. The number of nitrogens with one attached hydrogen (secondary N) is 1. The van der Waals surface area contributed by atoms with Crippen molar-refractivity contribution in [2.24, 2.45) is 0 Å². The van der Waals surface area contributed by atoms with E-state index >= 15 is 0 Å². The standard InChI is InChI=1S/C24H26N2O2/c1-4-5-15-26-18(3)16-21(27)22(23(26)19-12-7-6-8-13-19)24(28)25-20-14-10-9-11-17(20)2/h6-14,16H,4-5,15H2,1-3H3,(H,25,28). The summed E-state index contributed by atoms with van der Waals surface area (Å²) in [7, 11) is 0. The zero-order chi connectivity index (χ0) is 20.1. The minimum Gasteiger partial charge on any atom is -0.344 e. The van der Waals surface area contributed by atoms with Gasteiger partial charge in [0.05, 0.1) is 5.69 Å². The molecule has 3 rings (SSSR count). The van der Waals surface area contributed by atoms with Crippen LogP contribution >= 0.6 is 0 Å². The summed E-state index contributed by atoms with van der Waals surface area (Å²) in [4.78, 5) is 26.1. The van der Waals surface area contributed by atoms with Crippen molar-refractivity contribution >= 4 is 11.6 Å². The second kappa shape index (κ2) is 8.70. The molecule has 0 aliphatic rings. The quantitative estimate of drug-likeness (QED) is 0.646. The number of unbranched alkanes of at least 4 members (excludes halogenated alkanes) is 1. The van der Waals surface area contributed by atoms with Crippen LogP contribution in [0.25, 0.3) is 11.3 Å². The van der Waals surface area contributed by atoms with Crippen LogP contribution in [0.4, 0.5) is 5.69 Å². The van der Waals surface area contributed by atoms with Gasteiger partial charge in [0.1, 0.15) is 5.56 Å². The fourth-order valence-corrected chi connectivity index (χ4v) is 3.39. The number of carbonyl (C=O) groups excluding carboxylic acids is 1. The maximum atomic E-state index is 13.2. The average Bonchev–Trinajstić information content (AvgIpc) is 2.69. The highest BCUT2D eigenvalue weighted by molar-refractivity contribution is 6.08. The van der Waals surface area contributed by atoms with Crippen LogP contribution in [0.15, 0.2) is 65.5 Å². The lowest BCUT2D eigenvalue weighted by Crippen LogP contribution is -2.27. The molecule has 0 aliphatic carbocycles. The van der Waals surface area contributed by atoms with Crippen molar-refractivity contribution in [1.82, 2.24) is 4.57 Å². The Morgan fingerprint density at radius 3 is 2.36 bits per heavy atom. The van der Waals surface area contributed by atoms with E-state index in [-0.39, 0.29) is 16.9 Å². The van der Waals surface area contributed by atoms with E-state index in [1.165, 1.54) is 0 Å². The van der Waals surface area contributed by atoms with Crippen LogP contribution in [0.2, 0.25) is 0 Å². The molecule has 0 radical (unpaired) electrons. The predicted octanol–water partition coefficient (Wildman–Crippen LogP) is 5.18. The third-order valence-corrected chi connectivity index (χ3v) is 4.92. The van der Waals surface area contributed by atoms with Gasteiger partial charge in [-0.3, -0.25) is 9.59 Å². The van der Waals surface area contributed by atoms with Crippen LogP contribution in [0.1, 0.15) is 41.4 Å². The number of rotatable bonds is 6. The first-order chi connectivity index (χ1) is 13.5. The number of hydrogen-bond acceptors (Lipinski definition) is 2. The Kier molecular flexibility index (Phi) is 6.09. The van der Waals surface area contributed by atoms with E-state index < -0.39 is 0 Å². The summed E-state index contributed by atoms with van der Waals surface area (Å²) in [5, 5.41) is 2.93. The van der Waals surface area contributed by atoms with Crippen LogP contribution in [-0.2, 0) is 6.54 Å². The van der Waals surface area contributed by atoms with E-state index in [0.717, 1.165) is 36.2 Å². The second-order valence-corrected chi connectivity index (χ2v) is 7.01. The fourth-order valence-electron chi connectivity index (χ4n) is 3.39. The number of hydrogen-bond donors (Lipinski definition) is 1. The number of aryl methyl sites for hydroxylation is 2. The highest BCUT2D eigenvalue weighted by Crippen LogP contribution is 2.25. The monoisotopic (exact) mass is 374 g/mol. The van der Waals surface area contributed by atoms with Gasteiger partial charge in [0.2, 0.25) is 0 Å². The lowest BCUT2D eigenvalue weighted by atomic mass is 10.0. The summed E-state index contributed by atoms with van der Waals surface area (Å²) >= 11 is 0. The number of para-hydroxylation sites is 1. The van der Waals surface area contributed by atoms with E-state index in [0.29, 0.717) is 11.4 Å². The molecule has 0 atom stereocenters. The molecule has 1 aromatic heterocycles. The molecule has 28 heavy (non-hydrogen) atoms. The van der Waals surface area contributed by atoms with Gasteiger partial charge in [-0.25, -0.2) is 0 Å². The summed E-state index contributed by atoms with van der Waals surface area (Å²) in [6.45, 7) is 6.75. The third kappa shape index (κ3) is 4.06. The van der Waals surface area contributed by atoms with Crippen molar-refractivity contribution in [3.8, 4) is 11.3 Å². The minimum atomic E-state index is -0.372. The molecular formula is C24H26N2O2. The first-order valence-electron chi connectivity index (χ1n) is 9.69. The van der Waals surface area contributed by atoms with E-state index in [1.807, 2.05) is 68.4 Å². The molecule has 3 aromatic rings. The normalized spacial score (nSPS) is 10.7. The molecule has 144 valence electrons. The molecule has 1 N–H and O–H groups in total. The van der Waals surface area contributed by atoms with E-state index in [4.69, 9.17) is 0 Å². The molecule has 1 heterocycles. The summed E-state index contributed by atoms with van der Waals surface area (Å²) in [6, 6.07) is 18.8. The molecule has 0 saturated heterocycles. The minimum absolute atomic E-state index is 0.191. The number of carbonyl (C=O) groups is 1. The smallest absolute Gasteiger partial charge is 0.261 e. The highest BCUT2D eigenvalue weighted by atomic mass is 16.2. The van der Waals surface area contributed by atoms with Gasteiger partial charge in [-0.1, -0.05) is 61.9 Å². The zero-order valence-corrected chi connectivity index (χ0v) is 16.7. The van der Waals surface area contributed by atoms with Crippen molar-refractivity contribution in [2.75, 3.05) is 5.32 Å². The Hall–Kier alpha value is -3.14. The van der Waals surface area contributed by atoms with Crippen molar-refractivity contribution in [1.29, 1.82) is 0 Å². The Labute approximate surface area is 165 Å². The summed E-state index contributed by atoms with van der Waals surface area (Å²) in [5.41, 5.74) is 4.03. The van der Waals surface area contributed by atoms with E-state index in [1.54, 1.807) is 6.07 Å². The maximum absolute atomic E-state index is 13.2. The number of pyridine rings is 1. The fraction of sp³-hybridized carbons (Fsp3) is 0.250. The summed E-state index contributed by atoms with van der Waals surface area (Å²) < 4.78 is 2.09. The molecule has 2 aromatic carbocycles. The van der Waals surface area contributed by atoms with Crippen LogP contribution < -0.4 is 10.7 Å². The first kappa shape index (κ1) is 19.6. The van der Waals surface area contributed by atoms with Crippen molar-refractivity contribution in [2.45, 2.75) is 40.2 Å². The van der Waals surface area contributed by atoms with Crippen molar-refractivity contribution in [3.63, 3.8) is 0 Å². The van der Waals surface area contributed by atoms with Gasteiger partial charge in [-0.05, 0) is 37.5 Å². The Bertz CT molecular complexity index is 1040. The second-order valence-electron chi connectivity index (χ2n) is 7.01. The molecule has 0 spiro atoms. The van der Waals surface area contributed by atoms with Gasteiger partial charge in [0.25, 0.3) is 5.91 Å². The van der Waals surface area contributed by atoms with Crippen molar-refractivity contribution in [3.05, 3.63) is 87.7 Å². The van der Waals surface area contributed by atoms with Crippen LogP contribution in [0, 0.1) is 13.8 Å². The Morgan fingerprint density at radius 2 is 1.68 bits per heavy atom. The number of aromatic nitrogens is 1. The van der Waals surface area contributed by atoms with Gasteiger partial charge in [-0.15, -0.1) is 0 Å². The lowest BCUT2D eigenvalue weighted by Gasteiger charge is -2.20. The number of nitrogens with zero attached hydrogens (tertiary/aromatic N) is 1. The predicted molar refractivity (Wildman–Crippen MR) is 115 cm³/mol. The van der Waals surface area contributed by atoms with Crippen LogP contribution in [-0.4, -0.2) is 10.5 Å². The first-order valence-corrected chi connectivity index (χ1v) is 9.69. The molecule has 0 unspecified atom stereocenters. The Morgan fingerprint density at radius 1 is 1.00 bits per heavy atom. The molecule has 0 aliphatic heterocycles. The number of anilines is 1. The molecule has 0 saturated carbocycles. The van der Waals surface area contributed by atoms with Gasteiger partial charge < -0.3 is 9.88 Å². The lowest BCUT2D eigenvalue weighted by molar-refractivity contribution is 0.102. The maximum Gasteiger partial charge on any atom is 0.261 e. The number of benzene rings is 2. The van der Waals surface area contributed by atoms with Gasteiger partial charge >= 0.3 is 0 Å². The van der Waals surface area contributed by atoms with Crippen LogP contribution in [0.5, 0.6) is 0 Å². The molecule has 4 nitrogen and oxygen atoms in total. The van der Waals surface area contributed by atoms with Gasteiger partial charge in [0, 0.05) is 24.0 Å². The average molecular weight is 374 g/mol. The molecular weight excluding hydrogens is 348 g/mol. The highest BCUT2D eigenvalue weighted by Gasteiger charge is 2.22. The van der Waals surface area contributed by atoms with E-state index in [9.17, 15) is 9.59 Å². The van der Waals surface area contributed by atoms with E-state index in [2.05, 4.69) is 16.8 Å². The number of amides is 1. The zero-order valence-electron chi connectivity index (χ0n) is 16.7.